The van der Waals surface area contributed by atoms with Crippen molar-refractivity contribution in [2.24, 2.45) is 0 Å². The van der Waals surface area contributed by atoms with Gasteiger partial charge in [0.05, 0.1) is 5.69 Å². The fourth-order valence-electron chi connectivity index (χ4n) is 2.20. The second-order valence-corrected chi connectivity index (χ2v) is 4.15. The zero-order valence-electron chi connectivity index (χ0n) is 9.31. The highest BCUT2D eigenvalue weighted by Gasteiger charge is 2.16. The van der Waals surface area contributed by atoms with Crippen LogP contribution in [0.2, 0.25) is 0 Å². The fraction of sp³-hybridized carbons (Fsp3) is 0.500. The van der Waals surface area contributed by atoms with Gasteiger partial charge in [-0.15, -0.1) is 0 Å². The number of rotatable bonds is 1. The minimum Gasteiger partial charge on any atom is -0.366 e. The van der Waals surface area contributed by atoms with Gasteiger partial charge in [-0.25, -0.2) is 4.39 Å². The lowest BCUT2D eigenvalue weighted by Gasteiger charge is -2.31. The third-order valence-electron chi connectivity index (χ3n) is 2.83. The van der Waals surface area contributed by atoms with E-state index in [1.807, 2.05) is 19.9 Å². The topological polar surface area (TPSA) is 15.3 Å². The number of benzene rings is 1. The monoisotopic (exact) mass is 208 g/mol. The third kappa shape index (κ3) is 2.12. The van der Waals surface area contributed by atoms with Crippen LogP contribution >= 0.6 is 0 Å². The smallest absolute Gasteiger partial charge is 0.147 e. The summed E-state index contributed by atoms with van der Waals surface area (Å²) >= 11 is 0. The maximum absolute atomic E-state index is 13.8. The van der Waals surface area contributed by atoms with E-state index in [2.05, 4.69) is 10.2 Å². The minimum atomic E-state index is -0.0885. The number of hydrogen-bond donors (Lipinski definition) is 1. The first-order valence-corrected chi connectivity index (χ1v) is 5.41. The van der Waals surface area contributed by atoms with Crippen LogP contribution in [0.1, 0.15) is 11.1 Å². The molecule has 1 fully saturated rings. The van der Waals surface area contributed by atoms with Crippen molar-refractivity contribution in [2.45, 2.75) is 13.8 Å². The van der Waals surface area contributed by atoms with Crippen LogP contribution in [0.15, 0.2) is 12.1 Å². The molecule has 0 amide bonds. The first kappa shape index (κ1) is 10.4. The summed E-state index contributed by atoms with van der Waals surface area (Å²) in [7, 11) is 0. The molecule has 0 radical (unpaired) electrons. The van der Waals surface area contributed by atoms with Crippen LogP contribution in [0, 0.1) is 19.7 Å². The van der Waals surface area contributed by atoms with Crippen LogP contribution in [0.4, 0.5) is 10.1 Å². The Kier molecular flexibility index (Phi) is 2.91. The molecule has 82 valence electrons. The number of aryl methyl sites for hydroxylation is 2. The predicted molar refractivity (Wildman–Crippen MR) is 61.0 cm³/mol. The third-order valence-corrected chi connectivity index (χ3v) is 2.83. The number of nitrogens with zero attached hydrogens (tertiary/aromatic N) is 1. The molecule has 2 rings (SSSR count). The Morgan fingerprint density at radius 1 is 1.20 bits per heavy atom. The summed E-state index contributed by atoms with van der Waals surface area (Å²) in [6, 6.07) is 3.66. The van der Waals surface area contributed by atoms with Crippen molar-refractivity contribution in [3.8, 4) is 0 Å². The van der Waals surface area contributed by atoms with Gasteiger partial charge in [-0.05, 0) is 31.0 Å². The van der Waals surface area contributed by atoms with E-state index < -0.39 is 0 Å². The summed E-state index contributed by atoms with van der Waals surface area (Å²) in [6.45, 7) is 7.56. The van der Waals surface area contributed by atoms with Crippen molar-refractivity contribution in [1.82, 2.24) is 5.32 Å². The molecule has 0 aliphatic carbocycles. The number of piperazine rings is 1. The second kappa shape index (κ2) is 4.19. The summed E-state index contributed by atoms with van der Waals surface area (Å²) < 4.78 is 13.8. The molecule has 1 aromatic carbocycles. The van der Waals surface area contributed by atoms with Gasteiger partial charge in [0.1, 0.15) is 5.82 Å². The van der Waals surface area contributed by atoms with Crippen molar-refractivity contribution in [3.63, 3.8) is 0 Å². The summed E-state index contributed by atoms with van der Waals surface area (Å²) in [5.74, 6) is -0.0885. The van der Waals surface area contributed by atoms with E-state index in [4.69, 9.17) is 0 Å². The minimum absolute atomic E-state index is 0.0885. The highest BCUT2D eigenvalue weighted by Crippen LogP contribution is 2.25. The van der Waals surface area contributed by atoms with Crippen LogP contribution in [0.25, 0.3) is 0 Å². The SMILES string of the molecule is Cc1cc(C)c(N2CCNCC2)c(F)c1. The van der Waals surface area contributed by atoms with Gasteiger partial charge in [0.2, 0.25) is 0 Å². The predicted octanol–water partition coefficient (Wildman–Crippen LogP) is 1.85. The molecule has 0 aromatic heterocycles. The lowest BCUT2D eigenvalue weighted by Crippen LogP contribution is -2.44. The van der Waals surface area contributed by atoms with Crippen LogP contribution in [0.3, 0.4) is 0 Å². The van der Waals surface area contributed by atoms with Gasteiger partial charge in [-0.2, -0.15) is 0 Å². The van der Waals surface area contributed by atoms with E-state index in [0.29, 0.717) is 0 Å². The van der Waals surface area contributed by atoms with Crippen LogP contribution in [-0.4, -0.2) is 26.2 Å². The number of anilines is 1. The largest absolute Gasteiger partial charge is 0.366 e. The van der Waals surface area contributed by atoms with Crippen molar-refractivity contribution in [3.05, 3.63) is 29.1 Å². The lowest BCUT2D eigenvalue weighted by atomic mass is 10.1. The van der Waals surface area contributed by atoms with Gasteiger partial charge >= 0.3 is 0 Å². The van der Waals surface area contributed by atoms with Crippen LogP contribution < -0.4 is 10.2 Å². The molecule has 0 atom stereocenters. The molecular formula is C12H17FN2. The summed E-state index contributed by atoms with van der Waals surface area (Å²) in [5, 5.41) is 3.27. The van der Waals surface area contributed by atoms with E-state index in [1.54, 1.807) is 6.07 Å². The van der Waals surface area contributed by atoms with E-state index in [1.165, 1.54) is 0 Å². The first-order chi connectivity index (χ1) is 7.18. The van der Waals surface area contributed by atoms with Gasteiger partial charge in [-0.1, -0.05) is 6.07 Å². The standard InChI is InChI=1S/C12H17FN2/c1-9-7-10(2)12(11(13)8-9)15-5-3-14-4-6-15/h7-8,14H,3-6H2,1-2H3. The summed E-state index contributed by atoms with van der Waals surface area (Å²) in [4.78, 5) is 2.13. The highest BCUT2D eigenvalue weighted by atomic mass is 19.1. The summed E-state index contributed by atoms with van der Waals surface area (Å²) in [5.41, 5.74) is 2.81. The van der Waals surface area contributed by atoms with Gasteiger partial charge < -0.3 is 10.2 Å². The van der Waals surface area contributed by atoms with Crippen LogP contribution in [0.5, 0.6) is 0 Å². The highest BCUT2D eigenvalue weighted by molar-refractivity contribution is 5.56. The first-order valence-electron chi connectivity index (χ1n) is 5.41. The quantitative estimate of drug-likeness (QED) is 0.757. The molecule has 0 spiro atoms. The normalized spacial score (nSPS) is 16.9. The molecule has 1 aromatic rings. The van der Waals surface area contributed by atoms with E-state index in [-0.39, 0.29) is 5.82 Å². The number of halogens is 1. The Bertz CT molecular complexity index is 334. The summed E-state index contributed by atoms with van der Waals surface area (Å²) in [6.07, 6.45) is 0. The molecule has 1 saturated heterocycles. The molecule has 0 saturated carbocycles. The fourth-order valence-corrected chi connectivity index (χ4v) is 2.20. The molecule has 1 heterocycles. The lowest BCUT2D eigenvalue weighted by molar-refractivity contribution is 0.564. The second-order valence-electron chi connectivity index (χ2n) is 4.15. The van der Waals surface area contributed by atoms with Crippen molar-refractivity contribution >= 4 is 5.69 Å². The van der Waals surface area contributed by atoms with Crippen molar-refractivity contribution in [1.29, 1.82) is 0 Å². The number of hydrogen-bond acceptors (Lipinski definition) is 2. The van der Waals surface area contributed by atoms with Gasteiger partial charge in [0, 0.05) is 26.2 Å². The molecule has 3 heteroatoms. The zero-order valence-corrected chi connectivity index (χ0v) is 9.31. The van der Waals surface area contributed by atoms with Gasteiger partial charge in [-0.3, -0.25) is 0 Å². The molecular weight excluding hydrogens is 191 g/mol. The molecule has 2 nitrogen and oxygen atoms in total. The Balaban J connectivity index is 2.33. The molecule has 1 aliphatic rings. The maximum atomic E-state index is 13.8. The molecule has 1 N–H and O–H groups in total. The molecule has 0 unspecified atom stereocenters. The van der Waals surface area contributed by atoms with E-state index >= 15 is 0 Å². The van der Waals surface area contributed by atoms with E-state index in [0.717, 1.165) is 43.0 Å². The van der Waals surface area contributed by atoms with Crippen molar-refractivity contribution in [2.75, 3.05) is 31.1 Å². The average molecular weight is 208 g/mol. The van der Waals surface area contributed by atoms with Gasteiger partial charge in [0.15, 0.2) is 0 Å². The average Bonchev–Trinajstić information content (AvgIpc) is 2.17. The Morgan fingerprint density at radius 2 is 1.87 bits per heavy atom. The molecule has 0 bridgehead atoms. The molecule has 1 aliphatic heterocycles. The maximum Gasteiger partial charge on any atom is 0.147 e. The Labute approximate surface area is 90.1 Å². The van der Waals surface area contributed by atoms with Crippen molar-refractivity contribution < 1.29 is 4.39 Å². The van der Waals surface area contributed by atoms with Gasteiger partial charge in [0.25, 0.3) is 0 Å². The molecule has 15 heavy (non-hydrogen) atoms. The number of nitrogens with one attached hydrogen (secondary N) is 1. The zero-order chi connectivity index (χ0) is 10.8. The van der Waals surface area contributed by atoms with E-state index in [9.17, 15) is 4.39 Å². The Hall–Kier alpha value is -1.09. The Morgan fingerprint density at radius 3 is 2.47 bits per heavy atom. The van der Waals surface area contributed by atoms with Crippen LogP contribution in [-0.2, 0) is 0 Å².